The van der Waals surface area contributed by atoms with Crippen LogP contribution in [0.25, 0.3) is 45.4 Å². The number of rotatable bonds is 4. The number of benzene rings is 6. The predicted molar refractivity (Wildman–Crippen MR) is 212 cm³/mol. The molecule has 3 heteroatoms. The first-order valence-corrected chi connectivity index (χ1v) is 18.1. The van der Waals surface area contributed by atoms with E-state index in [1.165, 1.54) is 83.4 Å². The number of nitrogens with zero attached hydrogens (tertiary/aromatic N) is 3. The molecule has 2 unspecified atom stereocenters. The highest BCUT2D eigenvalue weighted by molar-refractivity contribution is 5.98. The normalized spacial score (nSPS) is 18.1. The zero-order chi connectivity index (χ0) is 33.5. The molecule has 0 N–H and O–H groups in total. The maximum absolute atomic E-state index is 2.57. The van der Waals surface area contributed by atoms with Gasteiger partial charge in [-0.1, -0.05) is 121 Å². The third-order valence-electron chi connectivity index (χ3n) is 11.3. The van der Waals surface area contributed by atoms with Crippen LogP contribution >= 0.6 is 0 Å². The fraction of sp³-hybridized carbons (Fsp3) is 0.0833. The molecule has 4 aliphatic rings. The Kier molecular flexibility index (Phi) is 6.20. The summed E-state index contributed by atoms with van der Waals surface area (Å²) < 4.78 is 2.46. The van der Waals surface area contributed by atoms with Gasteiger partial charge in [-0.25, -0.2) is 0 Å². The van der Waals surface area contributed by atoms with Crippen molar-refractivity contribution in [2.75, 3.05) is 9.80 Å². The predicted octanol–water partition coefficient (Wildman–Crippen LogP) is 10.4. The Morgan fingerprint density at radius 2 is 1.24 bits per heavy atom. The van der Waals surface area contributed by atoms with Crippen molar-refractivity contribution < 1.29 is 0 Å². The van der Waals surface area contributed by atoms with Gasteiger partial charge in [0.15, 0.2) is 0 Å². The third kappa shape index (κ3) is 4.12. The van der Waals surface area contributed by atoms with E-state index in [0.29, 0.717) is 0 Å². The van der Waals surface area contributed by atoms with Crippen molar-refractivity contribution in [2.45, 2.75) is 24.8 Å². The summed E-state index contributed by atoms with van der Waals surface area (Å²) in [5.41, 5.74) is 15.2. The summed E-state index contributed by atoms with van der Waals surface area (Å²) >= 11 is 0. The van der Waals surface area contributed by atoms with E-state index in [1.807, 2.05) is 0 Å². The maximum Gasteiger partial charge on any atom is 0.0722 e. The Labute approximate surface area is 297 Å². The molecule has 0 fully saturated rings. The van der Waals surface area contributed by atoms with Gasteiger partial charge < -0.3 is 14.4 Å². The number of para-hydroxylation sites is 5. The highest BCUT2D eigenvalue weighted by Gasteiger charge is 2.49. The molecule has 0 saturated carbocycles. The van der Waals surface area contributed by atoms with Gasteiger partial charge >= 0.3 is 0 Å². The largest absolute Gasteiger partial charge is 0.332 e. The monoisotopic (exact) mass is 653 g/mol. The van der Waals surface area contributed by atoms with Gasteiger partial charge in [-0.15, -0.1) is 0 Å². The molecule has 11 rings (SSSR count). The highest BCUT2D eigenvalue weighted by Crippen LogP contribution is 2.59. The van der Waals surface area contributed by atoms with E-state index in [0.717, 1.165) is 12.8 Å². The van der Waals surface area contributed by atoms with E-state index < -0.39 is 0 Å². The van der Waals surface area contributed by atoms with Gasteiger partial charge in [0.1, 0.15) is 0 Å². The lowest BCUT2D eigenvalue weighted by Gasteiger charge is -2.36. The quantitative estimate of drug-likeness (QED) is 0.187. The lowest BCUT2D eigenvalue weighted by atomic mass is 9.82. The Hall–Kier alpha value is -6.32. The van der Waals surface area contributed by atoms with Crippen LogP contribution in [0.3, 0.4) is 0 Å². The van der Waals surface area contributed by atoms with Gasteiger partial charge in [0, 0.05) is 55.5 Å². The lowest BCUT2D eigenvalue weighted by Crippen LogP contribution is -2.35. The zero-order valence-corrected chi connectivity index (χ0v) is 28.2. The standard InChI is InChI=1S/C48H35N3/c1-2-16-33(17-3-1)50-44-27-12-7-22-38(44)39-29-30-46-47(48(39)50)40-23-8-13-28-45(40)51(46)41-24-9-4-19-35(41)32-15-14-18-34(31-32)49-42-25-10-5-20-36(42)37-21-6-11-26-43(37)49/h1-5,7-10,12-31,47-48H,6,11H2. The Balaban J connectivity index is 1.08. The summed E-state index contributed by atoms with van der Waals surface area (Å²) in [6.07, 6.45) is 11.8. The molecule has 2 aliphatic heterocycles. The van der Waals surface area contributed by atoms with Crippen LogP contribution in [0.5, 0.6) is 0 Å². The second-order valence-corrected chi connectivity index (χ2v) is 14.0. The van der Waals surface area contributed by atoms with Crippen molar-refractivity contribution in [1.82, 2.24) is 4.57 Å². The lowest BCUT2D eigenvalue weighted by molar-refractivity contribution is 0.704. The molecule has 7 aromatic rings. The smallest absolute Gasteiger partial charge is 0.0722 e. The first-order chi connectivity index (χ1) is 25.3. The van der Waals surface area contributed by atoms with E-state index in [4.69, 9.17) is 0 Å². The fourth-order valence-electron chi connectivity index (χ4n) is 9.28. The summed E-state index contributed by atoms with van der Waals surface area (Å²) in [7, 11) is 0. The van der Waals surface area contributed by atoms with Crippen LogP contribution in [-0.4, -0.2) is 10.6 Å². The molecule has 2 aliphatic carbocycles. The van der Waals surface area contributed by atoms with E-state index in [1.54, 1.807) is 0 Å². The third-order valence-corrected chi connectivity index (χ3v) is 11.3. The van der Waals surface area contributed by atoms with Gasteiger partial charge in [-0.3, -0.25) is 0 Å². The van der Waals surface area contributed by atoms with Crippen molar-refractivity contribution in [3.05, 3.63) is 191 Å². The van der Waals surface area contributed by atoms with Gasteiger partial charge in [0.25, 0.3) is 0 Å². The Morgan fingerprint density at radius 3 is 2.14 bits per heavy atom. The van der Waals surface area contributed by atoms with Crippen LogP contribution in [0.1, 0.15) is 29.9 Å². The van der Waals surface area contributed by atoms with Crippen LogP contribution in [0.15, 0.2) is 170 Å². The number of allylic oxidation sites excluding steroid dienone is 2. The summed E-state index contributed by atoms with van der Waals surface area (Å²) in [6.45, 7) is 0. The summed E-state index contributed by atoms with van der Waals surface area (Å²) in [5, 5.41) is 3.99. The van der Waals surface area contributed by atoms with Crippen LogP contribution in [0, 0.1) is 0 Å². The molecule has 1 aromatic heterocycles. The highest BCUT2D eigenvalue weighted by atomic mass is 15.2. The molecule has 242 valence electrons. The number of aromatic nitrogens is 1. The van der Waals surface area contributed by atoms with Gasteiger partial charge in [-0.2, -0.15) is 0 Å². The van der Waals surface area contributed by atoms with Gasteiger partial charge in [0.05, 0.1) is 23.2 Å². The van der Waals surface area contributed by atoms with Crippen molar-refractivity contribution in [1.29, 1.82) is 0 Å². The first kappa shape index (κ1) is 28.5. The molecule has 0 saturated heterocycles. The minimum Gasteiger partial charge on any atom is -0.332 e. The minimum atomic E-state index is 0.146. The average molecular weight is 654 g/mol. The van der Waals surface area contributed by atoms with E-state index >= 15 is 0 Å². The number of hydrogen-bond donors (Lipinski definition) is 0. The molecule has 0 spiro atoms. The van der Waals surface area contributed by atoms with Crippen molar-refractivity contribution in [3.63, 3.8) is 0 Å². The van der Waals surface area contributed by atoms with Crippen molar-refractivity contribution >= 4 is 51.4 Å². The molecular formula is C48H35N3. The minimum absolute atomic E-state index is 0.146. The molecule has 2 atom stereocenters. The van der Waals surface area contributed by atoms with Gasteiger partial charge in [-0.05, 0) is 84.1 Å². The average Bonchev–Trinajstić information content (AvgIpc) is 3.84. The van der Waals surface area contributed by atoms with E-state index in [-0.39, 0.29) is 12.0 Å². The topological polar surface area (TPSA) is 11.4 Å². The number of anilines is 4. The van der Waals surface area contributed by atoms with Crippen LogP contribution in [-0.2, 0) is 0 Å². The van der Waals surface area contributed by atoms with Crippen LogP contribution in [0.2, 0.25) is 0 Å². The molecule has 0 bridgehead atoms. The summed E-state index contributed by atoms with van der Waals surface area (Å²) in [5.74, 6) is 0.165. The molecule has 3 heterocycles. The van der Waals surface area contributed by atoms with E-state index in [9.17, 15) is 0 Å². The van der Waals surface area contributed by atoms with Crippen LogP contribution < -0.4 is 20.4 Å². The Bertz CT molecular complexity index is 2730. The Morgan fingerprint density at radius 1 is 0.529 bits per heavy atom. The fourth-order valence-corrected chi connectivity index (χ4v) is 9.28. The molecular weight excluding hydrogens is 619 g/mol. The van der Waals surface area contributed by atoms with Crippen LogP contribution in [0.4, 0.5) is 22.7 Å². The van der Waals surface area contributed by atoms with E-state index in [2.05, 4.69) is 190 Å². The molecule has 3 nitrogen and oxygen atoms in total. The van der Waals surface area contributed by atoms with Gasteiger partial charge in [0.2, 0.25) is 0 Å². The molecule has 0 amide bonds. The molecule has 0 radical (unpaired) electrons. The second-order valence-electron chi connectivity index (χ2n) is 14.0. The summed E-state index contributed by atoms with van der Waals surface area (Å²) in [6, 6.07) is 55.9. The second kappa shape index (κ2) is 11.1. The molecule has 51 heavy (non-hydrogen) atoms. The zero-order valence-electron chi connectivity index (χ0n) is 28.2. The maximum atomic E-state index is 2.57. The number of hydrogen-bond acceptors (Lipinski definition) is 2. The molecule has 6 aromatic carbocycles. The number of fused-ring (bicyclic) bond motifs is 10. The SMILES string of the molecule is C1=C2c3ccccc3N(c3ccccc3)C2C2C(=C1)N(c1ccccc1-c1cccc(-n3c4c(c5ccccc53)=CCCC=4)c1)c1ccccc12. The summed E-state index contributed by atoms with van der Waals surface area (Å²) in [4.78, 5) is 5.11. The van der Waals surface area contributed by atoms with Crippen molar-refractivity contribution in [3.8, 4) is 16.8 Å². The van der Waals surface area contributed by atoms with Crippen molar-refractivity contribution in [2.24, 2.45) is 0 Å². The first-order valence-electron chi connectivity index (χ1n) is 18.1.